The van der Waals surface area contributed by atoms with Crippen LogP contribution in [0.4, 0.5) is 15.3 Å². The number of unbranched alkanes of at least 4 members (excludes halogenated alkanes) is 2. The molecule has 0 spiro atoms. The average Bonchev–Trinajstić information content (AvgIpc) is 1.63. The van der Waals surface area contributed by atoms with Gasteiger partial charge in [0.05, 0.1) is 54.0 Å². The molecule has 2 aliphatic heterocycles. The molecule has 540 valence electrons. The number of anilines is 1. The number of nitrogens with zero attached hydrogens (tertiary/aromatic N) is 4. The Morgan fingerprint density at radius 1 is 0.753 bits per heavy atom. The van der Waals surface area contributed by atoms with Gasteiger partial charge in [0.25, 0.3) is 0 Å². The number of ether oxygens (including phenoxy) is 3. The van der Waals surface area contributed by atoms with E-state index in [1.165, 1.54) is 42.8 Å². The highest BCUT2D eigenvalue weighted by atomic mass is 32.2. The number of aliphatic carboxylic acids is 1. The predicted octanol–water partition coefficient (Wildman–Crippen LogP) is 8.49. The van der Waals surface area contributed by atoms with Gasteiger partial charge in [-0.2, -0.15) is 11.8 Å². The maximum absolute atomic E-state index is 14.9. The zero-order valence-corrected chi connectivity index (χ0v) is 60.5. The summed E-state index contributed by atoms with van der Waals surface area (Å²) in [5, 5.41) is 17.9. The molecule has 0 aromatic heterocycles. The average molecular weight is 1380 g/mol. The van der Waals surface area contributed by atoms with E-state index in [9.17, 15) is 62.6 Å². The molecule has 2 heterocycles. The highest BCUT2D eigenvalue weighted by molar-refractivity contribution is 8.00. The number of carbonyl (C=O) groups is 12. The number of ketones is 3. The Morgan fingerprint density at radius 2 is 1.41 bits per heavy atom. The first-order valence-corrected chi connectivity index (χ1v) is 35.7. The Kier molecular flexibility index (Phi) is 34.4. The van der Waals surface area contributed by atoms with Crippen LogP contribution in [0, 0.1) is 47.3 Å². The van der Waals surface area contributed by atoms with E-state index in [4.69, 9.17) is 19.9 Å². The van der Waals surface area contributed by atoms with Crippen molar-refractivity contribution in [2.24, 2.45) is 53.1 Å². The number of likely N-dealkylation sites (N-methyl/N-ethyl adjacent to an activating group) is 2. The van der Waals surface area contributed by atoms with Crippen molar-refractivity contribution in [2.45, 2.75) is 207 Å². The molecule has 2 aliphatic rings. The Balaban J connectivity index is 1.37. The van der Waals surface area contributed by atoms with Gasteiger partial charge in [0.15, 0.2) is 11.6 Å². The van der Waals surface area contributed by atoms with Crippen LogP contribution in [0.5, 0.6) is 0 Å². The summed E-state index contributed by atoms with van der Waals surface area (Å²) in [4.78, 5) is 167. The number of thioether (sulfide) groups is 1. The number of rotatable bonds is 43. The lowest BCUT2D eigenvalue weighted by Crippen LogP contribution is -2.54. The minimum atomic E-state index is -1.07. The third kappa shape index (κ3) is 24.6. The molecule has 24 nitrogen and oxygen atoms in total. The molecule has 6 N–H and O–H groups in total. The van der Waals surface area contributed by atoms with E-state index in [0.717, 1.165) is 5.56 Å². The molecule has 2 saturated heterocycles. The van der Waals surface area contributed by atoms with E-state index >= 15 is 0 Å². The van der Waals surface area contributed by atoms with Crippen molar-refractivity contribution in [1.82, 2.24) is 30.2 Å². The molecule has 2 fully saturated rings. The number of hydrogen-bond acceptors (Lipinski definition) is 16. The van der Waals surface area contributed by atoms with E-state index in [1.54, 1.807) is 82.0 Å². The molecule has 0 saturated carbocycles. The number of methoxy groups -OCH3 is 2. The van der Waals surface area contributed by atoms with Gasteiger partial charge in [0.2, 0.25) is 35.4 Å². The standard InChI is InChI=1S/C72H110N8O16S/c1-15-46(8)65(58(94-12)40-61(85)79-35-23-27-54(79)66(95-13)47(9)55(81)38-51(70(90)91)36-48-24-18-16-19-25-48)77(10)68(88)53(43(2)3)39-57(83)64(45(6)7)78(11)72(93)96-42-49-29-31-52(32-30-49)75-67(87)50(26-22-33-74-71(73)92)37-56(82)63(44(4)5)76-60(84)28-20-17-21-34-80-62(86)41-59(97-14)69(80)89/h16,18-19,24-25,29-32,43-47,50-51,53-54,58-59,63-66H,15,17,20-23,26-28,33-42H2,1-14H3,(H,75,87)(H,76,84)(H,90,91)(H3,73,74,92)/t46-,47-,50+,51+,53-,54-,58?,59?,63?,64-,65?,66+/m0/s1. The molecular formula is C72H110N8O16S. The van der Waals surface area contributed by atoms with E-state index in [1.807, 2.05) is 58.0 Å². The van der Waals surface area contributed by atoms with Gasteiger partial charge < -0.3 is 55.7 Å². The van der Waals surface area contributed by atoms with Crippen LogP contribution in [0.25, 0.3) is 0 Å². The fraction of sp³-hybridized carbons (Fsp3) is 0.667. The number of amides is 9. The van der Waals surface area contributed by atoms with Crippen LogP contribution in [0.1, 0.15) is 163 Å². The van der Waals surface area contributed by atoms with E-state index in [2.05, 4.69) is 16.0 Å². The highest BCUT2D eigenvalue weighted by Crippen LogP contribution is 2.33. The van der Waals surface area contributed by atoms with Crippen LogP contribution in [-0.4, -0.2) is 191 Å². The van der Waals surface area contributed by atoms with Gasteiger partial charge in [-0.3, -0.25) is 52.8 Å². The molecule has 2 aromatic rings. The number of Topliss-reactive ketones (excluding diaryl/α,β-unsaturated/α-hetero) is 3. The summed E-state index contributed by atoms with van der Waals surface area (Å²) in [6.07, 6.45) is 3.29. The van der Waals surface area contributed by atoms with Gasteiger partial charge >= 0.3 is 18.1 Å². The fourth-order valence-electron chi connectivity index (χ4n) is 13.4. The second-order valence-corrected chi connectivity index (χ2v) is 28.3. The molecule has 9 amide bonds. The Labute approximate surface area is 578 Å². The number of carboxylic acid groups (broad SMARTS) is 1. The zero-order valence-electron chi connectivity index (χ0n) is 59.6. The van der Waals surface area contributed by atoms with Crippen LogP contribution in [-0.2, 0) is 75.2 Å². The van der Waals surface area contributed by atoms with Gasteiger partial charge in [0.1, 0.15) is 12.4 Å². The number of carboxylic acids is 1. The molecule has 97 heavy (non-hydrogen) atoms. The molecule has 0 radical (unpaired) electrons. The van der Waals surface area contributed by atoms with Crippen LogP contribution in [0.3, 0.4) is 0 Å². The van der Waals surface area contributed by atoms with Gasteiger partial charge in [0, 0.05) is 103 Å². The maximum Gasteiger partial charge on any atom is 0.410 e. The van der Waals surface area contributed by atoms with E-state index in [0.29, 0.717) is 62.7 Å². The predicted molar refractivity (Wildman–Crippen MR) is 370 cm³/mol. The number of imide groups is 1. The molecule has 0 bridgehead atoms. The van der Waals surface area contributed by atoms with Gasteiger partial charge in [-0.25, -0.2) is 9.59 Å². The summed E-state index contributed by atoms with van der Waals surface area (Å²) >= 11 is 1.35. The SMILES string of the molecule is CC[C@H](C)C(C(CC(=O)N1CCC[C@H]1[C@H](OC)[C@@H](C)C(=O)C[C@@H](Cc1ccccc1)C(=O)O)OC)N(C)C(=O)[C@@H](CC(=O)[C@H](C(C)C)N(C)C(=O)OCc1ccc(NC(=O)[C@H](CCCNC(N)=O)CC(=O)C(NC(=O)CCCCCN2C(=O)CC(SC)C2=O)C(C)C)cc1)C(C)C. The smallest absolute Gasteiger partial charge is 0.410 e. The van der Waals surface area contributed by atoms with Crippen molar-refractivity contribution in [3.8, 4) is 0 Å². The minimum absolute atomic E-state index is 0.0975. The summed E-state index contributed by atoms with van der Waals surface area (Å²) in [5.74, 6) is -8.33. The van der Waals surface area contributed by atoms with Crippen molar-refractivity contribution in [2.75, 3.05) is 59.5 Å². The van der Waals surface area contributed by atoms with Gasteiger partial charge in [-0.05, 0) is 98.1 Å². The summed E-state index contributed by atoms with van der Waals surface area (Å²) in [5.41, 5.74) is 7.01. The number of nitrogens with one attached hydrogen (secondary N) is 3. The summed E-state index contributed by atoms with van der Waals surface area (Å²) in [6.45, 7) is 17.2. The Morgan fingerprint density at radius 3 is 1.98 bits per heavy atom. The van der Waals surface area contributed by atoms with Gasteiger partial charge in [-0.1, -0.05) is 118 Å². The first-order valence-electron chi connectivity index (χ1n) is 34.4. The number of likely N-dealkylation sites (tertiary alicyclic amines) is 2. The monoisotopic (exact) mass is 1370 g/mol. The minimum Gasteiger partial charge on any atom is -0.481 e. The normalized spacial score (nSPS) is 17.9. The molecule has 4 unspecified atom stereocenters. The number of nitrogens with two attached hydrogens (primary N) is 1. The van der Waals surface area contributed by atoms with Crippen LogP contribution >= 0.6 is 11.8 Å². The number of urea groups is 1. The largest absolute Gasteiger partial charge is 0.481 e. The maximum atomic E-state index is 14.9. The summed E-state index contributed by atoms with van der Waals surface area (Å²) in [6, 6.07) is 12.0. The van der Waals surface area contributed by atoms with Crippen LogP contribution in [0.15, 0.2) is 54.6 Å². The van der Waals surface area contributed by atoms with Crippen LogP contribution in [0.2, 0.25) is 0 Å². The molecule has 0 aliphatic carbocycles. The third-order valence-electron chi connectivity index (χ3n) is 19.2. The van der Waals surface area contributed by atoms with Crippen molar-refractivity contribution in [3.05, 3.63) is 65.7 Å². The third-order valence-corrected chi connectivity index (χ3v) is 20.2. The summed E-state index contributed by atoms with van der Waals surface area (Å²) in [7, 11) is 6.13. The molecule has 4 rings (SSSR count). The lowest BCUT2D eigenvalue weighted by Gasteiger charge is -2.41. The Bertz CT molecular complexity index is 2970. The topological polar surface area (TPSA) is 328 Å². The lowest BCUT2D eigenvalue weighted by molar-refractivity contribution is -0.149. The number of primary amides is 1. The number of carbonyl (C=O) groups excluding carboxylic acids is 11. The summed E-state index contributed by atoms with van der Waals surface area (Å²) < 4.78 is 17.8. The lowest BCUT2D eigenvalue weighted by atomic mass is 9.83. The quantitative estimate of drug-likeness (QED) is 0.0307. The fourth-order valence-corrected chi connectivity index (χ4v) is 14.0. The van der Waals surface area contributed by atoms with Crippen molar-refractivity contribution < 1.29 is 76.9 Å². The molecular weight excluding hydrogens is 1260 g/mol. The highest BCUT2D eigenvalue weighted by Gasteiger charge is 2.45. The van der Waals surface area contributed by atoms with E-state index < -0.39 is 90.0 Å². The Hall–Kier alpha value is -7.25. The van der Waals surface area contributed by atoms with Crippen molar-refractivity contribution in [3.63, 3.8) is 0 Å². The zero-order chi connectivity index (χ0) is 72.4. The van der Waals surface area contributed by atoms with Crippen molar-refractivity contribution >= 4 is 88.3 Å². The first kappa shape index (κ1) is 82.2. The first-order chi connectivity index (χ1) is 45.9. The van der Waals surface area contributed by atoms with E-state index in [-0.39, 0.29) is 141 Å². The molecule has 2 aromatic carbocycles. The van der Waals surface area contributed by atoms with Gasteiger partial charge in [-0.15, -0.1) is 0 Å². The van der Waals surface area contributed by atoms with Crippen molar-refractivity contribution in [1.29, 1.82) is 0 Å². The second-order valence-electron chi connectivity index (χ2n) is 27.3. The number of hydrogen-bond donors (Lipinski definition) is 5. The van der Waals surface area contributed by atoms with Crippen LogP contribution < -0.4 is 21.7 Å². The number of benzene rings is 2. The second kappa shape index (κ2) is 40.6. The molecule has 25 heteroatoms. The molecule has 12 atom stereocenters.